The predicted octanol–water partition coefficient (Wildman–Crippen LogP) is 2.18. The average molecular weight is 378 g/mol. The quantitative estimate of drug-likeness (QED) is 0.753. The van der Waals surface area contributed by atoms with Crippen LogP contribution in [0.4, 0.5) is 11.4 Å². The molecular weight excluding hydrogens is 356 g/mol. The lowest BCUT2D eigenvalue weighted by molar-refractivity contribution is -0.116. The fraction of sp³-hybridized carbons (Fsp3) is 0.286. The van der Waals surface area contributed by atoms with Crippen molar-refractivity contribution in [2.45, 2.75) is 13.5 Å². The Balaban J connectivity index is 1.47. The first-order chi connectivity index (χ1) is 13.6. The number of anilines is 2. The summed E-state index contributed by atoms with van der Waals surface area (Å²) in [5.41, 5.74) is 2.23. The normalized spacial score (nSPS) is 14.2. The minimum absolute atomic E-state index is 0.0757. The fourth-order valence-corrected chi connectivity index (χ4v) is 3.39. The van der Waals surface area contributed by atoms with Gasteiger partial charge in [0.05, 0.1) is 24.1 Å². The summed E-state index contributed by atoms with van der Waals surface area (Å²) < 4.78 is 6.77. The van der Waals surface area contributed by atoms with E-state index < -0.39 is 0 Å². The Hall–Kier alpha value is -3.19. The highest BCUT2D eigenvalue weighted by Gasteiger charge is 2.13. The molecule has 0 atom stereocenters. The zero-order valence-corrected chi connectivity index (χ0v) is 15.7. The number of ether oxygens (including phenoxy) is 1. The first-order valence-electron chi connectivity index (χ1n) is 9.30. The lowest BCUT2D eigenvalue weighted by Gasteiger charge is -2.28. The molecule has 144 valence electrons. The van der Waals surface area contributed by atoms with Crippen LogP contribution in [0.2, 0.25) is 0 Å². The summed E-state index contributed by atoms with van der Waals surface area (Å²) in [6, 6.07) is 14.9. The first-order valence-corrected chi connectivity index (χ1v) is 9.30. The number of aromatic nitrogens is 2. The molecular formula is C21H22N4O3. The molecule has 1 aromatic heterocycles. The summed E-state index contributed by atoms with van der Waals surface area (Å²) in [5.74, 6) is 0.253. The SMILES string of the molecule is Cc1nc2ccccc2c(=O)n1CC(=O)Nc1ccc(N2CCOCC2)cc1. The van der Waals surface area contributed by atoms with Gasteiger partial charge in [-0.3, -0.25) is 14.2 Å². The average Bonchev–Trinajstić information content (AvgIpc) is 2.72. The molecule has 1 N–H and O–H groups in total. The third kappa shape index (κ3) is 3.75. The number of hydrogen-bond donors (Lipinski definition) is 1. The fourth-order valence-electron chi connectivity index (χ4n) is 3.39. The van der Waals surface area contributed by atoms with Crippen molar-refractivity contribution < 1.29 is 9.53 Å². The van der Waals surface area contributed by atoms with Gasteiger partial charge in [-0.25, -0.2) is 4.98 Å². The molecule has 2 aromatic carbocycles. The maximum Gasteiger partial charge on any atom is 0.261 e. The Bertz CT molecular complexity index is 1050. The number of fused-ring (bicyclic) bond motifs is 1. The van der Waals surface area contributed by atoms with Crippen molar-refractivity contribution in [3.05, 3.63) is 64.7 Å². The predicted molar refractivity (Wildman–Crippen MR) is 109 cm³/mol. The molecule has 1 aliphatic heterocycles. The number of amides is 1. The van der Waals surface area contributed by atoms with Gasteiger partial charge >= 0.3 is 0 Å². The van der Waals surface area contributed by atoms with E-state index in [0.717, 1.165) is 32.0 Å². The summed E-state index contributed by atoms with van der Waals surface area (Å²) in [5, 5.41) is 3.36. The Morgan fingerprint density at radius 2 is 1.82 bits per heavy atom. The van der Waals surface area contributed by atoms with E-state index >= 15 is 0 Å². The monoisotopic (exact) mass is 378 g/mol. The van der Waals surface area contributed by atoms with E-state index in [4.69, 9.17) is 4.74 Å². The van der Waals surface area contributed by atoms with E-state index in [-0.39, 0.29) is 18.0 Å². The number of morpholine rings is 1. The van der Waals surface area contributed by atoms with Crippen LogP contribution >= 0.6 is 0 Å². The molecule has 28 heavy (non-hydrogen) atoms. The number of para-hydroxylation sites is 1. The molecule has 4 rings (SSSR count). The molecule has 0 radical (unpaired) electrons. The topological polar surface area (TPSA) is 76.5 Å². The zero-order valence-electron chi connectivity index (χ0n) is 15.7. The lowest BCUT2D eigenvalue weighted by atomic mass is 10.2. The Labute approximate surface area is 162 Å². The molecule has 7 nitrogen and oxygen atoms in total. The maximum absolute atomic E-state index is 12.7. The molecule has 2 heterocycles. The summed E-state index contributed by atoms with van der Waals surface area (Å²) in [6.45, 7) is 4.84. The second kappa shape index (κ2) is 7.82. The van der Waals surface area contributed by atoms with Gasteiger partial charge < -0.3 is 15.0 Å². The Morgan fingerprint density at radius 1 is 1.11 bits per heavy atom. The first kappa shape index (κ1) is 18.2. The van der Waals surface area contributed by atoms with Crippen LogP contribution in [0, 0.1) is 6.92 Å². The van der Waals surface area contributed by atoms with E-state index in [1.165, 1.54) is 4.57 Å². The molecule has 0 unspecified atom stereocenters. The molecule has 0 spiro atoms. The molecule has 1 aliphatic rings. The van der Waals surface area contributed by atoms with Crippen LogP contribution in [-0.2, 0) is 16.1 Å². The number of nitrogens with zero attached hydrogens (tertiary/aromatic N) is 3. The summed E-state index contributed by atoms with van der Waals surface area (Å²) in [4.78, 5) is 31.8. The van der Waals surface area contributed by atoms with Gasteiger partial charge in [0.25, 0.3) is 5.56 Å². The van der Waals surface area contributed by atoms with Crippen LogP contribution in [-0.4, -0.2) is 41.8 Å². The molecule has 0 bridgehead atoms. The molecule has 7 heteroatoms. The van der Waals surface area contributed by atoms with Gasteiger partial charge in [0, 0.05) is 24.5 Å². The highest BCUT2D eigenvalue weighted by molar-refractivity contribution is 5.91. The number of benzene rings is 2. The van der Waals surface area contributed by atoms with Gasteiger partial charge in [0.2, 0.25) is 5.91 Å². The Kier molecular flexibility index (Phi) is 5.08. The van der Waals surface area contributed by atoms with Crippen molar-refractivity contribution in [2.24, 2.45) is 0 Å². The minimum Gasteiger partial charge on any atom is -0.378 e. The van der Waals surface area contributed by atoms with E-state index in [2.05, 4.69) is 15.2 Å². The summed E-state index contributed by atoms with van der Waals surface area (Å²) >= 11 is 0. The van der Waals surface area contributed by atoms with Crippen molar-refractivity contribution in [1.82, 2.24) is 9.55 Å². The largest absolute Gasteiger partial charge is 0.378 e. The summed E-state index contributed by atoms with van der Waals surface area (Å²) in [7, 11) is 0. The molecule has 3 aromatic rings. The number of hydrogen-bond acceptors (Lipinski definition) is 5. The van der Waals surface area contributed by atoms with Crippen LogP contribution in [0.25, 0.3) is 10.9 Å². The van der Waals surface area contributed by atoms with Crippen LogP contribution in [0.3, 0.4) is 0 Å². The van der Waals surface area contributed by atoms with Gasteiger partial charge in [0.1, 0.15) is 12.4 Å². The molecule has 1 saturated heterocycles. The third-order valence-corrected chi connectivity index (χ3v) is 4.88. The second-order valence-electron chi connectivity index (χ2n) is 6.76. The standard InChI is InChI=1S/C21H22N4O3/c1-15-22-19-5-3-2-4-18(19)21(27)25(15)14-20(26)23-16-6-8-17(9-7-16)24-10-12-28-13-11-24/h2-9H,10-14H2,1H3,(H,23,26). The van der Waals surface area contributed by atoms with Crippen molar-refractivity contribution in [3.63, 3.8) is 0 Å². The Morgan fingerprint density at radius 3 is 2.57 bits per heavy atom. The van der Waals surface area contributed by atoms with E-state index in [1.54, 1.807) is 25.1 Å². The number of carbonyl (C=O) groups excluding carboxylic acids is 1. The van der Waals surface area contributed by atoms with Crippen LogP contribution in [0.15, 0.2) is 53.3 Å². The van der Waals surface area contributed by atoms with Crippen molar-refractivity contribution in [1.29, 1.82) is 0 Å². The van der Waals surface area contributed by atoms with E-state index in [0.29, 0.717) is 22.4 Å². The third-order valence-electron chi connectivity index (χ3n) is 4.88. The van der Waals surface area contributed by atoms with Gasteiger partial charge in [-0.1, -0.05) is 12.1 Å². The van der Waals surface area contributed by atoms with Crippen LogP contribution in [0.1, 0.15) is 5.82 Å². The molecule has 0 aliphatic carbocycles. The van der Waals surface area contributed by atoms with Crippen molar-refractivity contribution in [3.8, 4) is 0 Å². The highest BCUT2D eigenvalue weighted by Crippen LogP contribution is 2.19. The second-order valence-corrected chi connectivity index (χ2v) is 6.76. The molecule has 1 amide bonds. The molecule has 0 saturated carbocycles. The summed E-state index contributed by atoms with van der Waals surface area (Å²) in [6.07, 6.45) is 0. The highest BCUT2D eigenvalue weighted by atomic mass is 16.5. The number of rotatable bonds is 4. The maximum atomic E-state index is 12.7. The number of carbonyl (C=O) groups is 1. The van der Waals surface area contributed by atoms with Gasteiger partial charge in [-0.2, -0.15) is 0 Å². The lowest BCUT2D eigenvalue weighted by Crippen LogP contribution is -2.36. The number of aryl methyl sites for hydroxylation is 1. The van der Waals surface area contributed by atoms with Gasteiger partial charge in [-0.05, 0) is 43.3 Å². The van der Waals surface area contributed by atoms with E-state index in [1.807, 2.05) is 30.3 Å². The van der Waals surface area contributed by atoms with Crippen LogP contribution in [0.5, 0.6) is 0 Å². The number of nitrogens with one attached hydrogen (secondary N) is 1. The van der Waals surface area contributed by atoms with Crippen LogP contribution < -0.4 is 15.8 Å². The zero-order chi connectivity index (χ0) is 19.5. The molecule has 1 fully saturated rings. The van der Waals surface area contributed by atoms with Crippen molar-refractivity contribution in [2.75, 3.05) is 36.5 Å². The van der Waals surface area contributed by atoms with E-state index in [9.17, 15) is 9.59 Å². The van der Waals surface area contributed by atoms with Gasteiger partial charge in [-0.15, -0.1) is 0 Å². The smallest absolute Gasteiger partial charge is 0.261 e. The van der Waals surface area contributed by atoms with Crippen molar-refractivity contribution >= 4 is 28.2 Å². The van der Waals surface area contributed by atoms with Gasteiger partial charge in [0.15, 0.2) is 0 Å². The minimum atomic E-state index is -0.263.